The molecule has 0 aromatic heterocycles. The first kappa shape index (κ1) is 9.27. The Kier molecular flexibility index (Phi) is 1.48. The fourth-order valence-electron chi connectivity index (χ4n) is 5.29. The summed E-state index contributed by atoms with van der Waals surface area (Å²) >= 11 is 0. The fourth-order valence-corrected chi connectivity index (χ4v) is 5.29. The van der Waals surface area contributed by atoms with Gasteiger partial charge < -0.3 is 0 Å². The molecule has 4 rings (SSSR count). The van der Waals surface area contributed by atoms with Crippen molar-refractivity contribution in [1.29, 1.82) is 0 Å². The molecule has 3 aliphatic rings. The maximum Gasteiger partial charge on any atom is -0.00970 e. The smallest absolute Gasteiger partial charge is 0.00970 e. The minimum atomic E-state index is 0.603. The van der Waals surface area contributed by atoms with Crippen molar-refractivity contribution >= 4 is 0 Å². The lowest BCUT2D eigenvalue weighted by Gasteiger charge is -2.46. The van der Waals surface area contributed by atoms with Crippen molar-refractivity contribution < 1.29 is 0 Å². The van der Waals surface area contributed by atoms with Crippen LogP contribution in [-0.4, -0.2) is 0 Å². The zero-order valence-corrected chi connectivity index (χ0v) is 10.3. The van der Waals surface area contributed by atoms with Crippen LogP contribution in [0.5, 0.6) is 0 Å². The summed E-state index contributed by atoms with van der Waals surface area (Å²) in [6, 6.07) is 9.22. The Morgan fingerprint density at radius 2 is 1.94 bits per heavy atom. The van der Waals surface area contributed by atoms with Crippen LogP contribution < -0.4 is 0 Å². The van der Waals surface area contributed by atoms with E-state index >= 15 is 0 Å². The average Bonchev–Trinajstić information content (AvgIpc) is 2.59. The number of hydrogen-bond donors (Lipinski definition) is 0. The Labute approximate surface area is 98.1 Å². The van der Waals surface area contributed by atoms with Crippen LogP contribution in [0.4, 0.5) is 0 Å². The quantitative estimate of drug-likeness (QED) is 0.606. The number of rotatable bonds is 0. The summed E-state index contributed by atoms with van der Waals surface area (Å²) in [7, 11) is 0. The van der Waals surface area contributed by atoms with Crippen molar-refractivity contribution in [2.24, 2.45) is 16.7 Å². The third-order valence-corrected chi connectivity index (χ3v) is 6.50. The fraction of sp³-hybridized carbons (Fsp3) is 0.625. The van der Waals surface area contributed by atoms with Crippen LogP contribution in [0.3, 0.4) is 0 Å². The molecule has 0 nitrogen and oxygen atoms in total. The van der Waals surface area contributed by atoms with Gasteiger partial charge in [-0.2, -0.15) is 0 Å². The minimum Gasteiger partial charge on any atom is -0.0620 e. The molecule has 1 aromatic rings. The lowest BCUT2D eigenvalue weighted by atomic mass is 9.57. The summed E-state index contributed by atoms with van der Waals surface area (Å²) in [5, 5.41) is 0. The normalized spacial score (nSPS) is 48.1. The van der Waals surface area contributed by atoms with Gasteiger partial charge in [-0.3, -0.25) is 0 Å². The zero-order chi connectivity index (χ0) is 11.0. The molecule has 0 spiro atoms. The van der Waals surface area contributed by atoms with Crippen LogP contribution >= 0.6 is 0 Å². The van der Waals surface area contributed by atoms with Gasteiger partial charge in [-0.05, 0) is 59.5 Å². The largest absolute Gasteiger partial charge is 0.0620 e. The highest BCUT2D eigenvalue weighted by molar-refractivity contribution is 5.41. The van der Waals surface area contributed by atoms with Crippen molar-refractivity contribution in [3.8, 4) is 0 Å². The monoisotopic (exact) mass is 212 g/mol. The second kappa shape index (κ2) is 2.55. The van der Waals surface area contributed by atoms with Gasteiger partial charge in [-0.15, -0.1) is 0 Å². The number of benzene rings is 1. The second-order valence-electron chi connectivity index (χ2n) is 6.73. The van der Waals surface area contributed by atoms with Crippen molar-refractivity contribution in [3.05, 3.63) is 35.4 Å². The molecule has 4 bridgehead atoms. The molecule has 84 valence electrons. The summed E-state index contributed by atoms with van der Waals surface area (Å²) in [5.74, 6) is 1.86. The minimum absolute atomic E-state index is 0.603. The highest BCUT2D eigenvalue weighted by Crippen LogP contribution is 2.74. The topological polar surface area (TPSA) is 0 Å². The van der Waals surface area contributed by atoms with Crippen molar-refractivity contribution in [3.63, 3.8) is 0 Å². The van der Waals surface area contributed by atoms with Gasteiger partial charge >= 0.3 is 0 Å². The second-order valence-corrected chi connectivity index (χ2v) is 6.73. The Morgan fingerprint density at radius 1 is 1.12 bits per heavy atom. The third kappa shape index (κ3) is 0.783. The number of fused-ring (bicyclic) bond motifs is 2. The number of hydrogen-bond acceptors (Lipinski definition) is 0. The van der Waals surface area contributed by atoms with Gasteiger partial charge in [0.25, 0.3) is 0 Å². The Morgan fingerprint density at radius 3 is 2.81 bits per heavy atom. The van der Waals surface area contributed by atoms with Crippen LogP contribution in [0.25, 0.3) is 0 Å². The Bertz CT molecular complexity index is 459. The van der Waals surface area contributed by atoms with E-state index in [2.05, 4.69) is 38.1 Å². The molecular formula is C16H20. The van der Waals surface area contributed by atoms with Gasteiger partial charge in [0.2, 0.25) is 0 Å². The molecule has 0 aliphatic heterocycles. The summed E-state index contributed by atoms with van der Waals surface area (Å²) in [6.45, 7) is 5.14. The predicted octanol–water partition coefficient (Wildman–Crippen LogP) is 4.15. The van der Waals surface area contributed by atoms with Gasteiger partial charge in [0, 0.05) is 0 Å². The summed E-state index contributed by atoms with van der Waals surface area (Å²) in [6.07, 6.45) is 5.75. The van der Waals surface area contributed by atoms with Crippen LogP contribution in [0, 0.1) is 16.7 Å². The molecule has 0 saturated heterocycles. The Balaban J connectivity index is 1.97. The maximum absolute atomic E-state index is 2.57. The van der Waals surface area contributed by atoms with Gasteiger partial charge in [-0.1, -0.05) is 38.1 Å². The molecule has 0 radical (unpaired) electrons. The molecular weight excluding hydrogens is 192 g/mol. The molecule has 0 heterocycles. The molecule has 3 aliphatic carbocycles. The van der Waals surface area contributed by atoms with Crippen LogP contribution in [0.15, 0.2) is 24.3 Å². The third-order valence-electron chi connectivity index (χ3n) is 6.50. The van der Waals surface area contributed by atoms with E-state index in [4.69, 9.17) is 0 Å². The van der Waals surface area contributed by atoms with Crippen LogP contribution in [0.2, 0.25) is 0 Å². The standard InChI is InChI=1S/C16H20/c1-15-8-7-12-9-14(15)13-6-4-3-5-11(13)10-16(12,15)2/h3-6,12,14H,7-10H2,1-2H3/t12-,14+,15+,16+/m0/s1. The van der Waals surface area contributed by atoms with E-state index in [-0.39, 0.29) is 0 Å². The van der Waals surface area contributed by atoms with Crippen molar-refractivity contribution in [2.45, 2.75) is 45.4 Å². The van der Waals surface area contributed by atoms with Crippen LogP contribution in [0.1, 0.15) is 50.2 Å². The van der Waals surface area contributed by atoms with Crippen LogP contribution in [-0.2, 0) is 6.42 Å². The molecule has 0 N–H and O–H groups in total. The molecule has 2 fully saturated rings. The predicted molar refractivity (Wildman–Crippen MR) is 66.4 cm³/mol. The summed E-state index contributed by atoms with van der Waals surface area (Å²) in [4.78, 5) is 0. The average molecular weight is 212 g/mol. The van der Waals surface area contributed by atoms with Gasteiger partial charge in [0.15, 0.2) is 0 Å². The van der Waals surface area contributed by atoms with E-state index in [0.29, 0.717) is 10.8 Å². The highest BCUT2D eigenvalue weighted by atomic mass is 14.7. The van der Waals surface area contributed by atoms with E-state index < -0.39 is 0 Å². The zero-order valence-electron chi connectivity index (χ0n) is 10.3. The van der Waals surface area contributed by atoms with Gasteiger partial charge in [0.05, 0.1) is 0 Å². The van der Waals surface area contributed by atoms with E-state index in [9.17, 15) is 0 Å². The van der Waals surface area contributed by atoms with E-state index in [0.717, 1.165) is 11.8 Å². The van der Waals surface area contributed by atoms with Crippen molar-refractivity contribution in [1.82, 2.24) is 0 Å². The molecule has 0 amide bonds. The van der Waals surface area contributed by atoms with E-state index in [1.165, 1.54) is 25.7 Å². The molecule has 2 saturated carbocycles. The first-order valence-electron chi connectivity index (χ1n) is 6.73. The first-order chi connectivity index (χ1) is 7.65. The summed E-state index contributed by atoms with van der Waals surface area (Å²) < 4.78 is 0. The first-order valence-corrected chi connectivity index (χ1v) is 6.73. The summed E-state index contributed by atoms with van der Waals surface area (Å²) in [5.41, 5.74) is 4.54. The molecule has 4 atom stereocenters. The molecule has 0 heteroatoms. The van der Waals surface area contributed by atoms with E-state index in [1.807, 2.05) is 0 Å². The maximum atomic E-state index is 2.57. The lowest BCUT2D eigenvalue weighted by molar-refractivity contribution is 0.0991. The molecule has 1 aromatic carbocycles. The van der Waals surface area contributed by atoms with Gasteiger partial charge in [-0.25, -0.2) is 0 Å². The lowest BCUT2D eigenvalue weighted by Crippen LogP contribution is -2.39. The highest BCUT2D eigenvalue weighted by Gasteiger charge is 2.65. The van der Waals surface area contributed by atoms with E-state index in [1.54, 1.807) is 11.1 Å². The molecule has 0 unspecified atom stereocenters. The Hall–Kier alpha value is -0.780. The molecule has 16 heavy (non-hydrogen) atoms. The van der Waals surface area contributed by atoms with Crippen molar-refractivity contribution in [2.75, 3.05) is 0 Å². The SMILES string of the molecule is C[C@@]12Cc3ccccc3[C@H]3C[C@@H]1CC[C@]32C. The van der Waals surface area contributed by atoms with Gasteiger partial charge in [0.1, 0.15) is 0 Å².